The summed E-state index contributed by atoms with van der Waals surface area (Å²) in [6.45, 7) is 1.50. The van der Waals surface area contributed by atoms with E-state index in [1.807, 2.05) is 0 Å². The lowest BCUT2D eigenvalue weighted by Crippen LogP contribution is -2.24. The first-order chi connectivity index (χ1) is 6.43. The molecule has 2 unspecified atom stereocenters. The van der Waals surface area contributed by atoms with Gasteiger partial charge in [0.1, 0.15) is 5.82 Å². The van der Waals surface area contributed by atoms with Crippen molar-refractivity contribution in [3.8, 4) is 0 Å². The molecular weight excluding hydrogens is 207 g/mol. The van der Waals surface area contributed by atoms with E-state index >= 15 is 0 Å². The molecule has 1 rings (SSSR count). The minimum Gasteiger partial charge on any atom is -0.397 e. The summed E-state index contributed by atoms with van der Waals surface area (Å²) in [4.78, 5) is 0. The Hall–Kier alpha value is -0.840. The molecule has 0 saturated carbocycles. The Morgan fingerprint density at radius 1 is 1.50 bits per heavy atom. The van der Waals surface area contributed by atoms with Crippen LogP contribution in [0.1, 0.15) is 18.5 Å². The van der Waals surface area contributed by atoms with Gasteiger partial charge in [0.05, 0.1) is 22.9 Å². The minimum atomic E-state index is -0.810. The number of nitrogen functional groups attached to an aromatic ring is 1. The van der Waals surface area contributed by atoms with E-state index in [1.54, 1.807) is 0 Å². The van der Waals surface area contributed by atoms with Gasteiger partial charge < -0.3 is 16.6 Å². The number of aliphatic hydroxyl groups is 1. The first-order valence-electron chi connectivity index (χ1n) is 4.11. The first-order valence-corrected chi connectivity index (χ1v) is 4.49. The van der Waals surface area contributed by atoms with Crippen LogP contribution in [0.2, 0.25) is 5.02 Å². The molecule has 0 aliphatic rings. The highest BCUT2D eigenvalue weighted by Gasteiger charge is 2.17. The van der Waals surface area contributed by atoms with Crippen molar-refractivity contribution in [2.45, 2.75) is 19.1 Å². The molecule has 2 atom stereocenters. The van der Waals surface area contributed by atoms with E-state index in [4.69, 9.17) is 23.1 Å². The summed E-state index contributed by atoms with van der Waals surface area (Å²) >= 11 is 5.67. The van der Waals surface area contributed by atoms with E-state index in [2.05, 4.69) is 0 Å². The van der Waals surface area contributed by atoms with Gasteiger partial charge >= 0.3 is 0 Å². The van der Waals surface area contributed by atoms with E-state index in [0.29, 0.717) is 5.56 Å². The fourth-order valence-electron chi connectivity index (χ4n) is 1.14. The van der Waals surface area contributed by atoms with Crippen LogP contribution in [0.15, 0.2) is 12.1 Å². The number of nitrogens with two attached hydrogens (primary N) is 2. The van der Waals surface area contributed by atoms with Crippen LogP contribution >= 0.6 is 11.6 Å². The Kier molecular flexibility index (Phi) is 3.31. The van der Waals surface area contributed by atoms with Crippen molar-refractivity contribution in [2.75, 3.05) is 5.73 Å². The first kappa shape index (κ1) is 11.2. The maximum Gasteiger partial charge on any atom is 0.125 e. The number of anilines is 1. The molecule has 14 heavy (non-hydrogen) atoms. The third-order valence-electron chi connectivity index (χ3n) is 2.01. The molecule has 1 aromatic rings. The molecule has 0 saturated heterocycles. The maximum atomic E-state index is 13.0. The largest absolute Gasteiger partial charge is 0.397 e. The van der Waals surface area contributed by atoms with Crippen LogP contribution in [0.25, 0.3) is 0 Å². The smallest absolute Gasteiger partial charge is 0.125 e. The molecule has 0 fully saturated rings. The molecule has 0 bridgehead atoms. The summed E-state index contributed by atoms with van der Waals surface area (Å²) in [7, 11) is 0. The quantitative estimate of drug-likeness (QED) is 0.658. The molecule has 0 aliphatic heterocycles. The lowest BCUT2D eigenvalue weighted by atomic mass is 10.0. The number of halogens is 2. The van der Waals surface area contributed by atoms with Gasteiger partial charge in [-0.25, -0.2) is 4.39 Å². The van der Waals surface area contributed by atoms with Crippen LogP contribution < -0.4 is 11.5 Å². The summed E-state index contributed by atoms with van der Waals surface area (Å²) in [6, 6.07) is 1.55. The lowest BCUT2D eigenvalue weighted by molar-refractivity contribution is 0.164. The molecule has 0 amide bonds. The fourth-order valence-corrected chi connectivity index (χ4v) is 1.35. The number of benzene rings is 1. The van der Waals surface area contributed by atoms with Crippen LogP contribution in [0.4, 0.5) is 10.1 Å². The van der Waals surface area contributed by atoms with Gasteiger partial charge in [0, 0.05) is 0 Å². The van der Waals surface area contributed by atoms with Crippen molar-refractivity contribution >= 4 is 17.3 Å². The molecule has 78 valence electrons. The summed E-state index contributed by atoms with van der Waals surface area (Å²) in [6.07, 6.45) is -0.810. The average Bonchev–Trinajstić information content (AvgIpc) is 2.09. The van der Waals surface area contributed by atoms with Gasteiger partial charge in [-0.2, -0.15) is 0 Å². The number of hydrogen-bond acceptors (Lipinski definition) is 3. The zero-order valence-corrected chi connectivity index (χ0v) is 8.42. The van der Waals surface area contributed by atoms with Crippen molar-refractivity contribution in [1.82, 2.24) is 0 Å². The van der Waals surface area contributed by atoms with Gasteiger partial charge in [-0.1, -0.05) is 11.6 Å². The molecule has 0 aliphatic carbocycles. The lowest BCUT2D eigenvalue weighted by Gasteiger charge is -2.17. The van der Waals surface area contributed by atoms with E-state index in [0.717, 1.165) is 6.07 Å². The van der Waals surface area contributed by atoms with Crippen LogP contribution in [0, 0.1) is 5.82 Å². The zero-order chi connectivity index (χ0) is 10.9. The Morgan fingerprint density at radius 3 is 2.57 bits per heavy atom. The van der Waals surface area contributed by atoms with Crippen molar-refractivity contribution < 1.29 is 9.50 Å². The SMILES string of the molecule is CC(O)C(N)c1cc(F)cc(Cl)c1N. The second kappa shape index (κ2) is 4.13. The van der Waals surface area contributed by atoms with E-state index < -0.39 is 18.0 Å². The number of aliphatic hydroxyl groups excluding tert-OH is 1. The van der Waals surface area contributed by atoms with Gasteiger partial charge in [-0.05, 0) is 24.6 Å². The molecule has 5 N–H and O–H groups in total. The monoisotopic (exact) mass is 218 g/mol. The van der Waals surface area contributed by atoms with Gasteiger partial charge in [-0.3, -0.25) is 0 Å². The van der Waals surface area contributed by atoms with Crippen LogP contribution in [0.3, 0.4) is 0 Å². The molecule has 0 aromatic heterocycles. The van der Waals surface area contributed by atoms with Gasteiger partial charge in [0.25, 0.3) is 0 Å². The number of hydrogen-bond donors (Lipinski definition) is 3. The highest BCUT2D eigenvalue weighted by Crippen LogP contribution is 2.29. The summed E-state index contributed by atoms with van der Waals surface area (Å²) in [5, 5.41) is 9.34. The predicted molar refractivity (Wildman–Crippen MR) is 54.4 cm³/mol. The third-order valence-corrected chi connectivity index (χ3v) is 2.32. The molecule has 3 nitrogen and oxygen atoms in total. The highest BCUT2D eigenvalue weighted by atomic mass is 35.5. The third kappa shape index (κ3) is 2.15. The van der Waals surface area contributed by atoms with Crippen molar-refractivity contribution in [3.05, 3.63) is 28.5 Å². The second-order valence-electron chi connectivity index (χ2n) is 3.16. The summed E-state index contributed by atoms with van der Waals surface area (Å²) in [5.74, 6) is -0.518. The highest BCUT2D eigenvalue weighted by molar-refractivity contribution is 6.33. The molecule has 1 aromatic carbocycles. The van der Waals surface area contributed by atoms with E-state index in [9.17, 15) is 9.50 Å². The van der Waals surface area contributed by atoms with E-state index in [-0.39, 0.29) is 10.7 Å². The van der Waals surface area contributed by atoms with Gasteiger partial charge in [0.2, 0.25) is 0 Å². The molecule has 0 heterocycles. The van der Waals surface area contributed by atoms with Crippen LogP contribution in [-0.2, 0) is 0 Å². The Labute approximate surface area is 86.5 Å². The maximum absolute atomic E-state index is 13.0. The molecule has 5 heteroatoms. The fraction of sp³-hybridized carbons (Fsp3) is 0.333. The van der Waals surface area contributed by atoms with Gasteiger partial charge in [0.15, 0.2) is 0 Å². The predicted octanol–water partition coefficient (Wildman–Crippen LogP) is 1.44. The van der Waals surface area contributed by atoms with Crippen LogP contribution in [0.5, 0.6) is 0 Å². The topological polar surface area (TPSA) is 72.3 Å². The average molecular weight is 219 g/mol. The molecule has 0 radical (unpaired) electrons. The van der Waals surface area contributed by atoms with Crippen molar-refractivity contribution in [2.24, 2.45) is 5.73 Å². The van der Waals surface area contributed by atoms with Gasteiger partial charge in [-0.15, -0.1) is 0 Å². The zero-order valence-electron chi connectivity index (χ0n) is 7.67. The van der Waals surface area contributed by atoms with Crippen LogP contribution in [-0.4, -0.2) is 11.2 Å². The molecule has 0 spiro atoms. The Morgan fingerprint density at radius 2 is 2.07 bits per heavy atom. The standard InChI is InChI=1S/C9H12ClFN2O/c1-4(14)8(12)6-2-5(11)3-7(10)9(6)13/h2-4,8,14H,12-13H2,1H3. The van der Waals surface area contributed by atoms with E-state index in [1.165, 1.54) is 13.0 Å². The molecular formula is C9H12ClFN2O. The second-order valence-corrected chi connectivity index (χ2v) is 3.56. The minimum absolute atomic E-state index is 0.108. The summed E-state index contributed by atoms with van der Waals surface area (Å²) in [5.41, 5.74) is 11.8. The van der Waals surface area contributed by atoms with Crippen molar-refractivity contribution in [1.29, 1.82) is 0 Å². The number of rotatable bonds is 2. The van der Waals surface area contributed by atoms with Crippen molar-refractivity contribution in [3.63, 3.8) is 0 Å². The summed E-state index contributed by atoms with van der Waals surface area (Å²) < 4.78 is 13.0. The Balaban J connectivity index is 3.20. The normalized spacial score (nSPS) is 15.2. The Bertz CT molecular complexity index is 344.